The van der Waals surface area contributed by atoms with Gasteiger partial charge in [0.25, 0.3) is 0 Å². The minimum atomic E-state index is 1.09. The summed E-state index contributed by atoms with van der Waals surface area (Å²) in [5.41, 5.74) is 8.85. The van der Waals surface area contributed by atoms with Crippen molar-refractivity contribution in [3.63, 3.8) is 0 Å². The van der Waals surface area contributed by atoms with Crippen molar-refractivity contribution in [2.24, 2.45) is 0 Å². The summed E-state index contributed by atoms with van der Waals surface area (Å²) < 4.78 is 0. The van der Waals surface area contributed by atoms with Crippen molar-refractivity contribution in [3.8, 4) is 11.1 Å². The Labute approximate surface area is 126 Å². The van der Waals surface area contributed by atoms with Crippen molar-refractivity contribution in [3.05, 3.63) is 53.1 Å². The van der Waals surface area contributed by atoms with Crippen LogP contribution in [0.25, 0.3) is 11.1 Å². The summed E-state index contributed by atoms with van der Waals surface area (Å²) in [6.07, 6.45) is 4.75. The fourth-order valence-corrected chi connectivity index (χ4v) is 3.73. The molecule has 21 heavy (non-hydrogen) atoms. The second kappa shape index (κ2) is 5.53. The van der Waals surface area contributed by atoms with Gasteiger partial charge in [-0.1, -0.05) is 36.4 Å². The molecular formula is C19H22N2. The van der Waals surface area contributed by atoms with Crippen LogP contribution in [0.4, 0.5) is 5.69 Å². The van der Waals surface area contributed by atoms with Crippen LogP contribution in [0.1, 0.15) is 23.1 Å². The van der Waals surface area contributed by atoms with Gasteiger partial charge in [0.15, 0.2) is 0 Å². The molecule has 0 unspecified atom stereocenters. The number of fused-ring (bicyclic) bond motifs is 2. The SMILES string of the molecule is c1ccc(-c2c3c(cc4c2NCCC4)CCNCC3)cc1. The van der Waals surface area contributed by atoms with E-state index in [1.807, 2.05) is 0 Å². The van der Waals surface area contributed by atoms with Crippen LogP contribution in [0, 0.1) is 0 Å². The highest BCUT2D eigenvalue weighted by Crippen LogP contribution is 2.39. The first-order valence-corrected chi connectivity index (χ1v) is 8.11. The van der Waals surface area contributed by atoms with Crippen LogP contribution < -0.4 is 10.6 Å². The Morgan fingerprint density at radius 2 is 1.67 bits per heavy atom. The van der Waals surface area contributed by atoms with Gasteiger partial charge in [0.05, 0.1) is 0 Å². The van der Waals surface area contributed by atoms with Crippen LogP contribution in [0.15, 0.2) is 36.4 Å². The zero-order valence-corrected chi connectivity index (χ0v) is 12.4. The maximum absolute atomic E-state index is 3.68. The maximum atomic E-state index is 3.68. The van der Waals surface area contributed by atoms with E-state index in [0.29, 0.717) is 0 Å². The fourth-order valence-electron chi connectivity index (χ4n) is 3.73. The molecule has 2 heteroatoms. The summed E-state index contributed by atoms with van der Waals surface area (Å²) in [5.74, 6) is 0. The summed E-state index contributed by atoms with van der Waals surface area (Å²) in [5, 5.41) is 7.22. The molecule has 0 radical (unpaired) electrons. The van der Waals surface area contributed by atoms with Crippen molar-refractivity contribution >= 4 is 5.69 Å². The Balaban J connectivity index is 1.97. The lowest BCUT2D eigenvalue weighted by atomic mass is 9.86. The smallest absolute Gasteiger partial charge is 0.0455 e. The third-order valence-electron chi connectivity index (χ3n) is 4.72. The van der Waals surface area contributed by atoms with Gasteiger partial charge in [0, 0.05) is 17.8 Å². The van der Waals surface area contributed by atoms with Crippen molar-refractivity contribution in [2.45, 2.75) is 25.7 Å². The topological polar surface area (TPSA) is 24.1 Å². The zero-order chi connectivity index (χ0) is 14.1. The van der Waals surface area contributed by atoms with Gasteiger partial charge in [-0.15, -0.1) is 0 Å². The first kappa shape index (κ1) is 12.9. The molecule has 0 fully saturated rings. The molecule has 2 aromatic rings. The van der Waals surface area contributed by atoms with Crippen molar-refractivity contribution in [1.82, 2.24) is 5.32 Å². The molecule has 0 atom stereocenters. The highest BCUT2D eigenvalue weighted by molar-refractivity contribution is 5.85. The fraction of sp³-hybridized carbons (Fsp3) is 0.368. The average Bonchev–Trinajstić information content (AvgIpc) is 2.78. The van der Waals surface area contributed by atoms with E-state index >= 15 is 0 Å². The zero-order valence-electron chi connectivity index (χ0n) is 12.4. The maximum Gasteiger partial charge on any atom is 0.0455 e. The first-order chi connectivity index (χ1) is 10.4. The Hall–Kier alpha value is -1.80. The third-order valence-corrected chi connectivity index (χ3v) is 4.72. The van der Waals surface area contributed by atoms with E-state index in [2.05, 4.69) is 47.0 Å². The molecule has 0 amide bonds. The minimum absolute atomic E-state index is 1.09. The monoisotopic (exact) mass is 278 g/mol. The van der Waals surface area contributed by atoms with Gasteiger partial charge in [0.1, 0.15) is 0 Å². The van der Waals surface area contributed by atoms with Gasteiger partial charge < -0.3 is 10.6 Å². The second-order valence-electron chi connectivity index (χ2n) is 6.07. The number of hydrogen-bond donors (Lipinski definition) is 2. The Morgan fingerprint density at radius 3 is 2.57 bits per heavy atom. The largest absolute Gasteiger partial charge is 0.384 e. The molecule has 0 aromatic heterocycles. The van der Waals surface area contributed by atoms with Crippen LogP contribution in [0.3, 0.4) is 0 Å². The molecule has 0 aliphatic carbocycles. The summed E-state index contributed by atoms with van der Waals surface area (Å²) in [6.45, 7) is 3.29. The van der Waals surface area contributed by atoms with Gasteiger partial charge in [-0.3, -0.25) is 0 Å². The van der Waals surface area contributed by atoms with Crippen LogP contribution >= 0.6 is 0 Å². The first-order valence-electron chi connectivity index (χ1n) is 8.11. The van der Waals surface area contributed by atoms with E-state index in [1.54, 1.807) is 11.1 Å². The number of hydrogen-bond acceptors (Lipinski definition) is 2. The Morgan fingerprint density at radius 1 is 0.810 bits per heavy atom. The second-order valence-corrected chi connectivity index (χ2v) is 6.07. The van der Waals surface area contributed by atoms with Gasteiger partial charge in [-0.05, 0) is 61.0 Å². The molecule has 2 heterocycles. The highest BCUT2D eigenvalue weighted by atomic mass is 14.9. The van der Waals surface area contributed by atoms with Crippen molar-refractivity contribution in [1.29, 1.82) is 0 Å². The molecule has 0 saturated carbocycles. The van der Waals surface area contributed by atoms with Gasteiger partial charge in [-0.25, -0.2) is 0 Å². The van der Waals surface area contributed by atoms with E-state index in [9.17, 15) is 0 Å². The van der Waals surface area contributed by atoms with Crippen LogP contribution in [0.2, 0.25) is 0 Å². The summed E-state index contributed by atoms with van der Waals surface area (Å²) in [6, 6.07) is 13.4. The minimum Gasteiger partial charge on any atom is -0.384 e. The number of aryl methyl sites for hydroxylation is 1. The quantitative estimate of drug-likeness (QED) is 0.835. The lowest BCUT2D eigenvalue weighted by molar-refractivity contribution is 0.711. The Kier molecular flexibility index (Phi) is 3.40. The van der Waals surface area contributed by atoms with E-state index in [4.69, 9.17) is 0 Å². The predicted molar refractivity (Wildman–Crippen MR) is 89.0 cm³/mol. The van der Waals surface area contributed by atoms with Crippen LogP contribution in [-0.2, 0) is 19.3 Å². The lowest BCUT2D eigenvalue weighted by Crippen LogP contribution is -2.16. The molecule has 0 spiro atoms. The number of rotatable bonds is 1. The molecule has 0 bridgehead atoms. The van der Waals surface area contributed by atoms with Crippen molar-refractivity contribution in [2.75, 3.05) is 25.0 Å². The number of benzene rings is 2. The summed E-state index contributed by atoms with van der Waals surface area (Å²) >= 11 is 0. The predicted octanol–water partition coefficient (Wildman–Crippen LogP) is 3.40. The van der Waals surface area contributed by atoms with E-state index in [1.165, 1.54) is 35.2 Å². The van der Waals surface area contributed by atoms with E-state index < -0.39 is 0 Å². The molecule has 108 valence electrons. The number of anilines is 1. The molecule has 2 aliphatic rings. The summed E-state index contributed by atoms with van der Waals surface area (Å²) in [7, 11) is 0. The van der Waals surface area contributed by atoms with Gasteiger partial charge in [0.2, 0.25) is 0 Å². The molecule has 4 rings (SSSR count). The average molecular weight is 278 g/mol. The normalized spacial score (nSPS) is 17.3. The van der Waals surface area contributed by atoms with Gasteiger partial charge >= 0.3 is 0 Å². The molecule has 2 aliphatic heterocycles. The standard InChI is InChI=1S/C19H22N2/c1-2-5-14(6-3-1)18-17-9-12-20-11-8-15(17)13-16-7-4-10-21-19(16)18/h1-3,5-6,13,20-21H,4,7-12H2. The number of nitrogens with one attached hydrogen (secondary N) is 2. The molecular weight excluding hydrogens is 256 g/mol. The highest BCUT2D eigenvalue weighted by Gasteiger charge is 2.21. The van der Waals surface area contributed by atoms with Crippen LogP contribution in [-0.4, -0.2) is 19.6 Å². The van der Waals surface area contributed by atoms with Crippen molar-refractivity contribution < 1.29 is 0 Å². The Bertz CT molecular complexity index is 646. The summed E-state index contributed by atoms with van der Waals surface area (Å²) in [4.78, 5) is 0. The molecule has 2 N–H and O–H groups in total. The lowest BCUT2D eigenvalue weighted by Gasteiger charge is -2.26. The van der Waals surface area contributed by atoms with Crippen LogP contribution in [0.5, 0.6) is 0 Å². The van der Waals surface area contributed by atoms with E-state index in [-0.39, 0.29) is 0 Å². The van der Waals surface area contributed by atoms with E-state index in [0.717, 1.165) is 32.5 Å². The van der Waals surface area contributed by atoms with Gasteiger partial charge in [-0.2, -0.15) is 0 Å². The third kappa shape index (κ3) is 2.34. The molecule has 2 aromatic carbocycles. The molecule has 0 saturated heterocycles. The molecule has 2 nitrogen and oxygen atoms in total.